The van der Waals surface area contributed by atoms with E-state index in [1.165, 1.54) is 0 Å². The maximum atomic E-state index is 12.3. The van der Waals surface area contributed by atoms with Gasteiger partial charge in [0.1, 0.15) is 23.4 Å². The number of hydrogen-bond donors (Lipinski definition) is 1. The zero-order chi connectivity index (χ0) is 18.7. The van der Waals surface area contributed by atoms with E-state index in [1.807, 2.05) is 52.0 Å². The minimum atomic E-state index is -0.240. The van der Waals surface area contributed by atoms with Crippen molar-refractivity contribution in [3.63, 3.8) is 0 Å². The van der Waals surface area contributed by atoms with E-state index in [9.17, 15) is 4.79 Å². The van der Waals surface area contributed by atoms with Crippen molar-refractivity contribution < 1.29 is 19.0 Å². The quantitative estimate of drug-likeness (QED) is 0.849. The Morgan fingerprint density at radius 2 is 1.88 bits per heavy atom. The standard InChI is InChI=1S/C21H25NO4/c1-5-24-20-10-16-9-15(4)26-19(16)11-18(20)22-21(23)12-25-17-7-13(2)6-14(3)8-17/h6-8,10-11,15H,5,9,12H2,1-4H3,(H,22,23)/t15-/m1/s1. The van der Waals surface area contributed by atoms with Gasteiger partial charge in [0.2, 0.25) is 0 Å². The Labute approximate surface area is 154 Å². The van der Waals surface area contributed by atoms with E-state index in [0.717, 1.165) is 28.9 Å². The first-order chi connectivity index (χ1) is 12.4. The van der Waals surface area contributed by atoms with Crippen LogP contribution in [0.3, 0.4) is 0 Å². The molecule has 0 aliphatic carbocycles. The first-order valence-electron chi connectivity index (χ1n) is 8.92. The lowest BCUT2D eigenvalue weighted by atomic mass is 10.1. The van der Waals surface area contributed by atoms with Gasteiger partial charge in [-0.1, -0.05) is 6.07 Å². The largest absolute Gasteiger partial charge is 0.492 e. The molecule has 1 amide bonds. The van der Waals surface area contributed by atoms with Crippen molar-refractivity contribution in [2.24, 2.45) is 0 Å². The van der Waals surface area contributed by atoms with Crippen LogP contribution in [0.2, 0.25) is 0 Å². The van der Waals surface area contributed by atoms with Gasteiger partial charge in [0, 0.05) is 18.1 Å². The summed E-state index contributed by atoms with van der Waals surface area (Å²) < 4.78 is 17.1. The molecule has 2 aromatic carbocycles. The van der Waals surface area contributed by atoms with Gasteiger partial charge in [-0.15, -0.1) is 0 Å². The van der Waals surface area contributed by atoms with Crippen molar-refractivity contribution in [2.45, 2.75) is 40.2 Å². The summed E-state index contributed by atoms with van der Waals surface area (Å²) in [6, 6.07) is 9.67. The number of benzene rings is 2. The van der Waals surface area contributed by atoms with Crippen molar-refractivity contribution in [1.29, 1.82) is 0 Å². The zero-order valence-corrected chi connectivity index (χ0v) is 15.7. The molecule has 0 saturated carbocycles. The van der Waals surface area contributed by atoms with Gasteiger partial charge < -0.3 is 19.5 Å². The van der Waals surface area contributed by atoms with Crippen LogP contribution in [0.4, 0.5) is 5.69 Å². The normalized spacial score (nSPS) is 15.2. The highest BCUT2D eigenvalue weighted by atomic mass is 16.5. The lowest BCUT2D eigenvalue weighted by molar-refractivity contribution is -0.118. The Balaban J connectivity index is 1.69. The van der Waals surface area contributed by atoms with Crippen LogP contribution in [0.15, 0.2) is 30.3 Å². The lowest BCUT2D eigenvalue weighted by Crippen LogP contribution is -2.20. The number of amides is 1. The fraction of sp³-hybridized carbons (Fsp3) is 0.381. The predicted molar refractivity (Wildman–Crippen MR) is 101 cm³/mol. The van der Waals surface area contributed by atoms with E-state index in [2.05, 4.69) is 11.4 Å². The molecule has 1 aliphatic rings. The number of rotatable bonds is 6. The summed E-state index contributed by atoms with van der Waals surface area (Å²) in [6.45, 7) is 8.40. The fourth-order valence-electron chi connectivity index (χ4n) is 3.16. The molecule has 0 fully saturated rings. The number of nitrogens with one attached hydrogen (secondary N) is 1. The van der Waals surface area contributed by atoms with Crippen LogP contribution in [-0.2, 0) is 11.2 Å². The Morgan fingerprint density at radius 3 is 2.58 bits per heavy atom. The minimum absolute atomic E-state index is 0.0667. The van der Waals surface area contributed by atoms with Crippen molar-refractivity contribution in [3.05, 3.63) is 47.0 Å². The Bertz CT molecular complexity index is 796. The highest BCUT2D eigenvalue weighted by Gasteiger charge is 2.22. The molecule has 1 aliphatic heterocycles. The summed E-state index contributed by atoms with van der Waals surface area (Å²) in [7, 11) is 0. The maximum Gasteiger partial charge on any atom is 0.262 e. The maximum absolute atomic E-state index is 12.3. The molecule has 0 spiro atoms. The van der Waals surface area contributed by atoms with E-state index in [0.29, 0.717) is 23.8 Å². The fourth-order valence-corrected chi connectivity index (χ4v) is 3.16. The summed E-state index contributed by atoms with van der Waals surface area (Å²) in [5.41, 5.74) is 3.91. The van der Waals surface area contributed by atoms with E-state index in [4.69, 9.17) is 14.2 Å². The van der Waals surface area contributed by atoms with Crippen LogP contribution in [0.1, 0.15) is 30.5 Å². The molecule has 2 aromatic rings. The molecule has 0 saturated heterocycles. The molecule has 0 aromatic heterocycles. The number of aryl methyl sites for hydroxylation is 2. The number of ether oxygens (including phenoxy) is 3. The molecule has 138 valence electrons. The Morgan fingerprint density at radius 1 is 1.15 bits per heavy atom. The first-order valence-corrected chi connectivity index (χ1v) is 8.92. The second-order valence-corrected chi connectivity index (χ2v) is 6.68. The molecule has 5 nitrogen and oxygen atoms in total. The number of hydrogen-bond acceptors (Lipinski definition) is 4. The molecule has 1 atom stereocenters. The van der Waals surface area contributed by atoms with Crippen LogP contribution in [0.5, 0.6) is 17.2 Å². The van der Waals surface area contributed by atoms with Crippen LogP contribution in [0.25, 0.3) is 0 Å². The van der Waals surface area contributed by atoms with Crippen molar-refractivity contribution in [1.82, 2.24) is 0 Å². The Kier molecular flexibility index (Phi) is 5.35. The average molecular weight is 355 g/mol. The molecule has 0 radical (unpaired) electrons. The number of carbonyl (C=O) groups is 1. The highest BCUT2D eigenvalue weighted by molar-refractivity contribution is 5.93. The second-order valence-electron chi connectivity index (χ2n) is 6.68. The summed E-state index contributed by atoms with van der Waals surface area (Å²) in [4.78, 5) is 12.3. The average Bonchev–Trinajstić information content (AvgIpc) is 2.91. The molecule has 5 heteroatoms. The molecule has 0 bridgehead atoms. The topological polar surface area (TPSA) is 56.8 Å². The van der Waals surface area contributed by atoms with Crippen molar-refractivity contribution in [2.75, 3.05) is 18.5 Å². The molecular formula is C21H25NO4. The first kappa shape index (κ1) is 18.1. The van der Waals surface area contributed by atoms with E-state index < -0.39 is 0 Å². The number of anilines is 1. The zero-order valence-electron chi connectivity index (χ0n) is 15.7. The van der Waals surface area contributed by atoms with E-state index >= 15 is 0 Å². The molecular weight excluding hydrogens is 330 g/mol. The van der Waals surface area contributed by atoms with Gasteiger partial charge in [-0.05, 0) is 57.0 Å². The molecule has 1 heterocycles. The summed E-state index contributed by atoms with van der Waals surface area (Å²) in [5, 5.41) is 2.87. The number of carbonyl (C=O) groups excluding carboxylic acids is 1. The molecule has 0 unspecified atom stereocenters. The highest BCUT2D eigenvalue weighted by Crippen LogP contribution is 2.38. The van der Waals surface area contributed by atoms with Gasteiger partial charge in [-0.3, -0.25) is 4.79 Å². The predicted octanol–water partition coefficient (Wildman–Crippen LogP) is 4.04. The lowest BCUT2D eigenvalue weighted by Gasteiger charge is -2.14. The Hall–Kier alpha value is -2.69. The van der Waals surface area contributed by atoms with Crippen molar-refractivity contribution >= 4 is 11.6 Å². The molecule has 1 N–H and O–H groups in total. The van der Waals surface area contributed by atoms with Gasteiger partial charge in [-0.25, -0.2) is 0 Å². The third kappa shape index (κ3) is 4.28. The monoisotopic (exact) mass is 355 g/mol. The van der Waals surface area contributed by atoms with Crippen LogP contribution >= 0.6 is 0 Å². The number of fused-ring (bicyclic) bond motifs is 1. The van der Waals surface area contributed by atoms with Crippen LogP contribution in [-0.4, -0.2) is 25.2 Å². The van der Waals surface area contributed by atoms with Gasteiger partial charge in [-0.2, -0.15) is 0 Å². The van der Waals surface area contributed by atoms with Gasteiger partial charge in [0.25, 0.3) is 5.91 Å². The van der Waals surface area contributed by atoms with Crippen molar-refractivity contribution in [3.8, 4) is 17.2 Å². The van der Waals surface area contributed by atoms with Gasteiger partial charge >= 0.3 is 0 Å². The van der Waals surface area contributed by atoms with E-state index in [-0.39, 0.29) is 18.6 Å². The third-order valence-electron chi connectivity index (χ3n) is 4.14. The summed E-state index contributed by atoms with van der Waals surface area (Å²) in [5.74, 6) is 1.90. The summed E-state index contributed by atoms with van der Waals surface area (Å²) >= 11 is 0. The minimum Gasteiger partial charge on any atom is -0.492 e. The third-order valence-corrected chi connectivity index (χ3v) is 4.14. The molecule has 3 rings (SSSR count). The van der Waals surface area contributed by atoms with Gasteiger partial charge in [0.05, 0.1) is 12.3 Å². The van der Waals surface area contributed by atoms with E-state index in [1.54, 1.807) is 0 Å². The smallest absolute Gasteiger partial charge is 0.262 e. The van der Waals surface area contributed by atoms with Gasteiger partial charge in [0.15, 0.2) is 6.61 Å². The molecule has 26 heavy (non-hydrogen) atoms. The van der Waals surface area contributed by atoms with Crippen LogP contribution < -0.4 is 19.5 Å². The SMILES string of the molecule is CCOc1cc2c(cc1NC(=O)COc1cc(C)cc(C)c1)O[C@H](C)C2. The summed E-state index contributed by atoms with van der Waals surface area (Å²) in [6.07, 6.45) is 0.984. The van der Waals surface area contributed by atoms with Crippen LogP contribution in [0, 0.1) is 13.8 Å². The second kappa shape index (κ2) is 7.68.